The van der Waals surface area contributed by atoms with Crippen molar-refractivity contribution in [2.45, 2.75) is 13.0 Å². The average Bonchev–Trinajstić information content (AvgIpc) is 3.33. The van der Waals surface area contributed by atoms with Crippen molar-refractivity contribution < 1.29 is 9.18 Å². The highest BCUT2D eigenvalue weighted by atomic mass is 32.1. The third-order valence-electron chi connectivity index (χ3n) is 3.97. The second-order valence-corrected chi connectivity index (χ2v) is 6.87. The zero-order chi connectivity index (χ0) is 18.8. The van der Waals surface area contributed by atoms with Crippen molar-refractivity contribution in [2.24, 2.45) is 0 Å². The van der Waals surface area contributed by atoms with Gasteiger partial charge in [0.05, 0.1) is 18.7 Å². The summed E-state index contributed by atoms with van der Waals surface area (Å²) in [5, 5.41) is 15.5. The number of rotatable bonds is 5. The second-order valence-electron chi connectivity index (χ2n) is 5.84. The minimum atomic E-state index is -0.418. The number of nitrogens with zero attached hydrogens (tertiary/aromatic N) is 3. The first-order chi connectivity index (χ1) is 13.1. The molecule has 2 N–H and O–H groups in total. The van der Waals surface area contributed by atoms with Crippen LogP contribution in [0, 0.1) is 5.82 Å². The van der Waals surface area contributed by atoms with Crippen LogP contribution in [0.5, 0.6) is 0 Å². The van der Waals surface area contributed by atoms with Gasteiger partial charge in [-0.15, -0.1) is 11.3 Å². The largest absolute Gasteiger partial charge is 0.351 e. The Kier molecular flexibility index (Phi) is 4.51. The van der Waals surface area contributed by atoms with E-state index in [9.17, 15) is 14.0 Å². The molecule has 0 aliphatic rings. The molecule has 7 nitrogen and oxygen atoms in total. The van der Waals surface area contributed by atoms with Crippen LogP contribution in [0.4, 0.5) is 4.39 Å². The van der Waals surface area contributed by atoms with Crippen LogP contribution in [0.1, 0.15) is 10.7 Å². The number of carbonyl (C=O) groups is 1. The fourth-order valence-corrected chi connectivity index (χ4v) is 3.29. The predicted octanol–water partition coefficient (Wildman–Crippen LogP) is 2.14. The first-order valence-corrected chi connectivity index (χ1v) is 9.00. The lowest BCUT2D eigenvalue weighted by atomic mass is 10.1. The molecule has 0 aliphatic heterocycles. The number of nitrogens with one attached hydrogen (secondary N) is 2. The second kappa shape index (κ2) is 7.12. The van der Waals surface area contributed by atoms with Crippen molar-refractivity contribution in [3.8, 4) is 11.3 Å². The van der Waals surface area contributed by atoms with Crippen LogP contribution >= 0.6 is 11.3 Å². The SMILES string of the molecule is O=C(Cc1n[nH]c(=O)c2cc(-c3ccc(F)cc3)nn12)NCc1cccs1. The molecule has 0 saturated heterocycles. The molecule has 1 aromatic carbocycles. The number of hydrogen-bond donors (Lipinski definition) is 2. The van der Waals surface area contributed by atoms with Crippen LogP contribution < -0.4 is 10.9 Å². The van der Waals surface area contributed by atoms with Crippen molar-refractivity contribution >= 4 is 22.8 Å². The summed E-state index contributed by atoms with van der Waals surface area (Å²) in [5.74, 6) is -0.283. The Morgan fingerprint density at radius 1 is 1.26 bits per heavy atom. The van der Waals surface area contributed by atoms with Crippen LogP contribution in [-0.2, 0) is 17.8 Å². The van der Waals surface area contributed by atoms with Gasteiger partial charge in [-0.05, 0) is 41.8 Å². The number of benzene rings is 1. The number of carbonyl (C=O) groups excluding carboxylic acids is 1. The quantitative estimate of drug-likeness (QED) is 0.552. The molecule has 0 aliphatic carbocycles. The van der Waals surface area contributed by atoms with Gasteiger partial charge in [0, 0.05) is 10.4 Å². The number of aromatic amines is 1. The van der Waals surface area contributed by atoms with Crippen LogP contribution in [0.15, 0.2) is 52.6 Å². The minimum Gasteiger partial charge on any atom is -0.351 e. The molecule has 3 heterocycles. The molecule has 136 valence electrons. The molecule has 0 atom stereocenters. The molecule has 4 aromatic rings. The van der Waals surface area contributed by atoms with E-state index in [1.165, 1.54) is 16.6 Å². The topological polar surface area (TPSA) is 92.2 Å². The van der Waals surface area contributed by atoms with E-state index in [2.05, 4.69) is 20.6 Å². The molecular formula is C18H14FN5O2S. The number of H-pyrrole nitrogens is 1. The van der Waals surface area contributed by atoms with E-state index in [0.717, 1.165) is 4.88 Å². The van der Waals surface area contributed by atoms with E-state index in [1.54, 1.807) is 29.5 Å². The third-order valence-corrected chi connectivity index (χ3v) is 4.85. The maximum absolute atomic E-state index is 13.1. The van der Waals surface area contributed by atoms with E-state index in [1.807, 2.05) is 17.5 Å². The van der Waals surface area contributed by atoms with E-state index in [0.29, 0.717) is 23.6 Å². The smallest absolute Gasteiger partial charge is 0.290 e. The predicted molar refractivity (Wildman–Crippen MR) is 98.9 cm³/mol. The fourth-order valence-electron chi connectivity index (χ4n) is 2.64. The summed E-state index contributed by atoms with van der Waals surface area (Å²) in [5.41, 5.74) is 1.00. The summed E-state index contributed by atoms with van der Waals surface area (Å²) >= 11 is 1.56. The van der Waals surface area contributed by atoms with E-state index in [4.69, 9.17) is 0 Å². The summed E-state index contributed by atoms with van der Waals surface area (Å²) < 4.78 is 14.5. The van der Waals surface area contributed by atoms with Gasteiger partial charge in [-0.1, -0.05) is 6.07 Å². The highest BCUT2D eigenvalue weighted by Crippen LogP contribution is 2.19. The van der Waals surface area contributed by atoms with Gasteiger partial charge in [0.1, 0.15) is 11.3 Å². The first-order valence-electron chi connectivity index (χ1n) is 8.12. The first kappa shape index (κ1) is 17.1. The maximum Gasteiger partial charge on any atom is 0.290 e. The zero-order valence-electron chi connectivity index (χ0n) is 14.0. The molecular weight excluding hydrogens is 369 g/mol. The molecule has 1 amide bonds. The highest BCUT2D eigenvalue weighted by Gasteiger charge is 2.14. The fraction of sp³-hybridized carbons (Fsp3) is 0.111. The van der Waals surface area contributed by atoms with E-state index < -0.39 is 5.56 Å². The number of amides is 1. The van der Waals surface area contributed by atoms with Crippen LogP contribution in [0.25, 0.3) is 16.8 Å². The summed E-state index contributed by atoms with van der Waals surface area (Å²) in [6.07, 6.45) is -0.0385. The van der Waals surface area contributed by atoms with Crippen molar-refractivity contribution in [3.05, 3.63) is 74.7 Å². The van der Waals surface area contributed by atoms with E-state index >= 15 is 0 Å². The molecule has 3 aromatic heterocycles. The number of thiophene rings is 1. The highest BCUT2D eigenvalue weighted by molar-refractivity contribution is 7.09. The van der Waals surface area contributed by atoms with Gasteiger partial charge in [0.2, 0.25) is 5.91 Å². The molecule has 0 unspecified atom stereocenters. The van der Waals surface area contributed by atoms with E-state index in [-0.39, 0.29) is 23.7 Å². The Morgan fingerprint density at radius 3 is 2.81 bits per heavy atom. The zero-order valence-corrected chi connectivity index (χ0v) is 14.8. The molecule has 0 radical (unpaired) electrons. The van der Waals surface area contributed by atoms with Crippen molar-refractivity contribution in [3.63, 3.8) is 0 Å². The molecule has 4 rings (SSSR count). The lowest BCUT2D eigenvalue weighted by molar-refractivity contribution is -0.120. The van der Waals surface area contributed by atoms with Crippen molar-refractivity contribution in [1.29, 1.82) is 0 Å². The summed E-state index contributed by atoms with van der Waals surface area (Å²) in [6, 6.07) is 11.2. The Balaban J connectivity index is 1.61. The Bertz CT molecular complexity index is 1150. The van der Waals surface area contributed by atoms with Gasteiger partial charge < -0.3 is 5.32 Å². The molecule has 0 spiro atoms. The maximum atomic E-state index is 13.1. The van der Waals surface area contributed by atoms with Crippen molar-refractivity contribution in [2.75, 3.05) is 0 Å². The van der Waals surface area contributed by atoms with Gasteiger partial charge in [0.25, 0.3) is 5.56 Å². The Morgan fingerprint density at radius 2 is 2.07 bits per heavy atom. The average molecular weight is 383 g/mol. The van der Waals surface area contributed by atoms with Crippen LogP contribution in [0.2, 0.25) is 0 Å². The van der Waals surface area contributed by atoms with Gasteiger partial charge in [-0.25, -0.2) is 14.0 Å². The molecule has 0 saturated carbocycles. The number of halogens is 1. The van der Waals surface area contributed by atoms with Gasteiger partial charge >= 0.3 is 0 Å². The summed E-state index contributed by atoms with van der Waals surface area (Å²) in [7, 11) is 0. The number of fused-ring (bicyclic) bond motifs is 1. The number of aromatic nitrogens is 4. The van der Waals surface area contributed by atoms with Gasteiger partial charge in [-0.2, -0.15) is 10.2 Å². The van der Waals surface area contributed by atoms with Gasteiger partial charge in [-0.3, -0.25) is 9.59 Å². The normalized spacial score (nSPS) is 11.0. The van der Waals surface area contributed by atoms with Crippen LogP contribution in [0.3, 0.4) is 0 Å². The lowest BCUT2D eigenvalue weighted by Gasteiger charge is -2.04. The standard InChI is InChI=1S/C18H14FN5O2S/c19-12-5-3-11(4-6-12)14-8-15-18(26)22-21-16(24(15)23-14)9-17(25)20-10-13-2-1-7-27-13/h1-8H,9-10H2,(H,20,25)(H,22,26). The Labute approximate surface area is 156 Å². The summed E-state index contributed by atoms with van der Waals surface area (Å²) in [6.45, 7) is 0.433. The Hall–Kier alpha value is -3.33. The molecule has 9 heteroatoms. The molecule has 27 heavy (non-hydrogen) atoms. The van der Waals surface area contributed by atoms with Crippen molar-refractivity contribution in [1.82, 2.24) is 25.1 Å². The molecule has 0 bridgehead atoms. The van der Waals surface area contributed by atoms with Gasteiger partial charge in [0.15, 0.2) is 5.82 Å². The van der Waals surface area contributed by atoms with Crippen LogP contribution in [-0.4, -0.2) is 25.7 Å². The third kappa shape index (κ3) is 3.63. The molecule has 0 fully saturated rings. The minimum absolute atomic E-state index is 0.0385. The lowest BCUT2D eigenvalue weighted by Crippen LogP contribution is -2.27. The number of hydrogen-bond acceptors (Lipinski definition) is 5. The monoisotopic (exact) mass is 383 g/mol. The summed E-state index contributed by atoms with van der Waals surface area (Å²) in [4.78, 5) is 25.3.